The summed E-state index contributed by atoms with van der Waals surface area (Å²) in [7, 11) is 0. The lowest BCUT2D eigenvalue weighted by Crippen LogP contribution is -2.51. The number of hydrogen-bond donors (Lipinski definition) is 1. The van der Waals surface area contributed by atoms with Crippen LogP contribution in [0.25, 0.3) is 0 Å². The van der Waals surface area contributed by atoms with Crippen molar-refractivity contribution in [1.29, 1.82) is 0 Å². The maximum absolute atomic E-state index is 14.6. The minimum absolute atomic E-state index is 0.0519. The first-order chi connectivity index (χ1) is 12.4. The van der Waals surface area contributed by atoms with Gasteiger partial charge in [-0.1, -0.05) is 29.9 Å². The van der Waals surface area contributed by atoms with E-state index < -0.39 is 17.2 Å². The Morgan fingerprint density at radius 1 is 1.31 bits per heavy atom. The molecule has 26 heavy (non-hydrogen) atoms. The zero-order valence-corrected chi connectivity index (χ0v) is 15.2. The smallest absolute Gasteiger partial charge is 0.165 e. The molecule has 4 rings (SSSR count). The Morgan fingerprint density at radius 3 is 2.81 bits per heavy atom. The highest BCUT2D eigenvalue weighted by molar-refractivity contribution is 8.14. The SMILES string of the molecule is Cc1cc([C@H]2CC3C(C)SC(N)=N[C@@]3(c3ccc(F)cc3F)CO2)on1. The molecule has 1 aromatic heterocycles. The van der Waals surface area contributed by atoms with E-state index in [1.54, 1.807) is 0 Å². The average molecular weight is 379 g/mol. The van der Waals surface area contributed by atoms with E-state index in [0.717, 1.165) is 11.8 Å². The molecular formula is C18H19F2N3O2S. The lowest BCUT2D eigenvalue weighted by Gasteiger charge is -2.48. The summed E-state index contributed by atoms with van der Waals surface area (Å²) < 4.78 is 39.4. The summed E-state index contributed by atoms with van der Waals surface area (Å²) in [6, 6.07) is 5.41. The Hall–Kier alpha value is -1.93. The molecule has 0 spiro atoms. The average Bonchev–Trinajstić information content (AvgIpc) is 3.00. The largest absolute Gasteiger partial charge is 0.379 e. The number of nitrogens with zero attached hydrogens (tertiary/aromatic N) is 2. The summed E-state index contributed by atoms with van der Waals surface area (Å²) in [6.07, 6.45) is 0.298. The summed E-state index contributed by atoms with van der Waals surface area (Å²) in [6.45, 7) is 4.02. The number of aromatic nitrogens is 1. The van der Waals surface area contributed by atoms with Crippen molar-refractivity contribution in [1.82, 2.24) is 5.16 Å². The molecule has 8 heteroatoms. The fourth-order valence-corrected chi connectivity index (χ4v) is 5.03. The number of aryl methyl sites for hydroxylation is 1. The van der Waals surface area contributed by atoms with Crippen LogP contribution in [0.5, 0.6) is 0 Å². The first-order valence-electron chi connectivity index (χ1n) is 8.41. The first-order valence-corrected chi connectivity index (χ1v) is 9.29. The molecule has 0 amide bonds. The van der Waals surface area contributed by atoms with Crippen molar-refractivity contribution in [2.45, 2.75) is 37.2 Å². The number of hydrogen-bond acceptors (Lipinski definition) is 6. The quantitative estimate of drug-likeness (QED) is 0.862. The van der Waals surface area contributed by atoms with Crippen molar-refractivity contribution in [3.05, 3.63) is 52.9 Å². The Labute approximate surface area is 154 Å². The number of thioether (sulfide) groups is 1. The number of aliphatic imine (C=N–C) groups is 1. The zero-order chi connectivity index (χ0) is 18.5. The van der Waals surface area contributed by atoms with Gasteiger partial charge >= 0.3 is 0 Å². The molecule has 1 aromatic carbocycles. The summed E-state index contributed by atoms with van der Waals surface area (Å²) in [5, 5.41) is 4.39. The molecule has 1 saturated heterocycles. The minimum Gasteiger partial charge on any atom is -0.379 e. The van der Waals surface area contributed by atoms with Gasteiger partial charge in [0.25, 0.3) is 0 Å². The van der Waals surface area contributed by atoms with Gasteiger partial charge in [0.1, 0.15) is 23.3 Å². The molecular weight excluding hydrogens is 360 g/mol. The Balaban J connectivity index is 1.77. The monoisotopic (exact) mass is 379 g/mol. The third-order valence-electron chi connectivity index (χ3n) is 5.13. The fraction of sp³-hybridized carbons (Fsp3) is 0.444. The molecule has 5 nitrogen and oxygen atoms in total. The summed E-state index contributed by atoms with van der Waals surface area (Å²) in [5.74, 6) is -0.663. The highest BCUT2D eigenvalue weighted by Crippen LogP contribution is 2.52. The predicted octanol–water partition coefficient (Wildman–Crippen LogP) is 3.68. The molecule has 2 N–H and O–H groups in total. The van der Waals surface area contributed by atoms with E-state index in [1.165, 1.54) is 23.9 Å². The lowest BCUT2D eigenvalue weighted by atomic mass is 9.72. The molecule has 2 aliphatic rings. The third-order valence-corrected chi connectivity index (χ3v) is 6.16. The van der Waals surface area contributed by atoms with Gasteiger partial charge < -0.3 is 15.0 Å². The van der Waals surface area contributed by atoms with Crippen LogP contribution in [0.3, 0.4) is 0 Å². The molecule has 0 saturated carbocycles. The van der Waals surface area contributed by atoms with Crippen molar-refractivity contribution in [3.8, 4) is 0 Å². The maximum Gasteiger partial charge on any atom is 0.165 e. The van der Waals surface area contributed by atoms with Crippen molar-refractivity contribution >= 4 is 16.9 Å². The molecule has 4 atom stereocenters. The van der Waals surface area contributed by atoms with Crippen LogP contribution in [0, 0.1) is 24.5 Å². The van der Waals surface area contributed by atoms with Crippen LogP contribution in [0.1, 0.15) is 36.5 Å². The van der Waals surface area contributed by atoms with Gasteiger partial charge in [-0.15, -0.1) is 0 Å². The van der Waals surface area contributed by atoms with E-state index in [0.29, 0.717) is 22.9 Å². The Kier molecular flexibility index (Phi) is 4.27. The van der Waals surface area contributed by atoms with Crippen LogP contribution in [0.15, 0.2) is 33.8 Å². The highest BCUT2D eigenvalue weighted by atomic mass is 32.2. The first kappa shape index (κ1) is 17.5. The van der Waals surface area contributed by atoms with Gasteiger partial charge in [-0.05, 0) is 19.4 Å². The Morgan fingerprint density at radius 2 is 2.12 bits per heavy atom. The second kappa shape index (κ2) is 6.35. The van der Waals surface area contributed by atoms with E-state index in [9.17, 15) is 8.78 Å². The lowest BCUT2D eigenvalue weighted by molar-refractivity contribution is -0.0744. The maximum atomic E-state index is 14.6. The third kappa shape index (κ3) is 2.81. The van der Waals surface area contributed by atoms with Crippen molar-refractivity contribution in [3.63, 3.8) is 0 Å². The van der Waals surface area contributed by atoms with Gasteiger partial charge in [0.15, 0.2) is 10.9 Å². The number of rotatable bonds is 2. The van der Waals surface area contributed by atoms with Crippen LogP contribution in [0.4, 0.5) is 8.78 Å². The molecule has 0 bridgehead atoms. The van der Waals surface area contributed by atoms with Crippen LogP contribution in [-0.2, 0) is 10.3 Å². The van der Waals surface area contributed by atoms with Crippen molar-refractivity contribution < 1.29 is 18.0 Å². The van der Waals surface area contributed by atoms with Gasteiger partial charge in [0, 0.05) is 28.9 Å². The fourth-order valence-electron chi connectivity index (χ4n) is 3.93. The van der Waals surface area contributed by atoms with Gasteiger partial charge in [-0.25, -0.2) is 13.8 Å². The molecule has 2 unspecified atom stereocenters. The second-order valence-corrected chi connectivity index (χ2v) is 8.23. The zero-order valence-electron chi connectivity index (χ0n) is 14.4. The van der Waals surface area contributed by atoms with Gasteiger partial charge in [0.2, 0.25) is 0 Å². The van der Waals surface area contributed by atoms with Gasteiger partial charge in [-0.2, -0.15) is 0 Å². The molecule has 0 aliphatic carbocycles. The molecule has 2 aromatic rings. The number of ether oxygens (including phenoxy) is 1. The molecule has 1 fully saturated rings. The van der Waals surface area contributed by atoms with Crippen LogP contribution < -0.4 is 5.73 Å². The van der Waals surface area contributed by atoms with E-state index in [4.69, 9.17) is 15.0 Å². The number of halogens is 2. The van der Waals surface area contributed by atoms with Crippen LogP contribution in [0.2, 0.25) is 0 Å². The number of fused-ring (bicyclic) bond motifs is 1. The molecule has 138 valence electrons. The van der Waals surface area contributed by atoms with E-state index in [1.807, 2.05) is 19.9 Å². The standard InChI is InChI=1S/C18H19F2N3O2S/c1-9-5-16(25-23-9)15-7-13-10(2)26-17(21)22-18(13,8-24-15)12-4-3-11(19)6-14(12)20/h3-6,10,13,15H,7-8H2,1-2H3,(H2,21,22)/t10?,13?,15-,18-/m1/s1. The van der Waals surface area contributed by atoms with Crippen LogP contribution in [-0.4, -0.2) is 22.2 Å². The minimum atomic E-state index is -0.974. The number of amidine groups is 1. The molecule has 0 radical (unpaired) electrons. The summed E-state index contributed by atoms with van der Waals surface area (Å²) in [5.41, 5.74) is 6.13. The predicted molar refractivity (Wildman–Crippen MR) is 94.8 cm³/mol. The van der Waals surface area contributed by atoms with Crippen LogP contribution >= 0.6 is 11.8 Å². The topological polar surface area (TPSA) is 73.6 Å². The van der Waals surface area contributed by atoms with E-state index in [2.05, 4.69) is 10.1 Å². The number of nitrogens with two attached hydrogens (primary N) is 1. The normalized spacial score (nSPS) is 31.4. The molecule has 2 aliphatic heterocycles. The van der Waals surface area contributed by atoms with Gasteiger partial charge in [-0.3, -0.25) is 0 Å². The Bertz CT molecular complexity index is 872. The molecule has 3 heterocycles. The summed E-state index contributed by atoms with van der Waals surface area (Å²) in [4.78, 5) is 4.60. The highest BCUT2D eigenvalue weighted by Gasteiger charge is 2.52. The number of benzene rings is 1. The van der Waals surface area contributed by atoms with Crippen molar-refractivity contribution in [2.24, 2.45) is 16.6 Å². The van der Waals surface area contributed by atoms with E-state index >= 15 is 0 Å². The van der Waals surface area contributed by atoms with Crippen molar-refractivity contribution in [2.75, 3.05) is 6.61 Å². The van der Waals surface area contributed by atoms with Gasteiger partial charge in [0.05, 0.1) is 12.3 Å². The second-order valence-electron chi connectivity index (χ2n) is 6.83. The summed E-state index contributed by atoms with van der Waals surface area (Å²) >= 11 is 1.46. The van der Waals surface area contributed by atoms with E-state index in [-0.39, 0.29) is 23.9 Å².